The van der Waals surface area contributed by atoms with Crippen molar-refractivity contribution in [1.82, 2.24) is 9.80 Å². The number of hydrogen-bond acceptors (Lipinski definition) is 3. The quantitative estimate of drug-likeness (QED) is 0.864. The van der Waals surface area contributed by atoms with Crippen LogP contribution in [0, 0.1) is 0 Å². The molecule has 4 nitrogen and oxygen atoms in total. The first kappa shape index (κ1) is 19.0. The van der Waals surface area contributed by atoms with E-state index in [1.165, 1.54) is 0 Å². The van der Waals surface area contributed by atoms with Gasteiger partial charge in [-0.2, -0.15) is 0 Å². The van der Waals surface area contributed by atoms with Crippen LogP contribution in [0.15, 0.2) is 18.2 Å². The fourth-order valence-corrected chi connectivity index (χ4v) is 4.26. The molecule has 25 heavy (non-hydrogen) atoms. The van der Waals surface area contributed by atoms with Gasteiger partial charge in [0.2, 0.25) is 5.91 Å². The highest BCUT2D eigenvalue weighted by Crippen LogP contribution is 2.25. The van der Waals surface area contributed by atoms with Crippen molar-refractivity contribution in [2.75, 3.05) is 26.2 Å². The van der Waals surface area contributed by atoms with Gasteiger partial charge in [0, 0.05) is 25.7 Å². The van der Waals surface area contributed by atoms with Gasteiger partial charge in [-0.15, -0.1) is 0 Å². The minimum Gasteiger partial charge on any atom is -0.392 e. The predicted octanol–water partition coefficient (Wildman–Crippen LogP) is 3.37. The predicted molar refractivity (Wildman–Crippen MR) is 101 cm³/mol. The van der Waals surface area contributed by atoms with E-state index in [0.29, 0.717) is 16.5 Å². The monoisotopic (exact) mass is 384 g/mol. The van der Waals surface area contributed by atoms with Crippen molar-refractivity contribution in [3.8, 4) is 0 Å². The third-order valence-corrected chi connectivity index (χ3v) is 5.98. The minimum atomic E-state index is -0.224. The second-order valence-electron chi connectivity index (χ2n) is 7.22. The van der Waals surface area contributed by atoms with E-state index in [2.05, 4.69) is 4.90 Å². The number of carbonyl (C=O) groups excluding carboxylic acids is 1. The standard InChI is InChI=1S/C19H26Cl2N2O2/c20-17-7-6-14(10-18(17)21)11-19(25)23-9-2-1-4-15(23)12-22-8-3-5-16(24)13-22/h6-7,10,15-16,24H,1-5,8-9,11-13H2. The normalized spacial score (nSPS) is 25.2. The average molecular weight is 385 g/mol. The van der Waals surface area contributed by atoms with Gasteiger partial charge in [0.05, 0.1) is 22.6 Å². The third kappa shape index (κ3) is 5.10. The minimum absolute atomic E-state index is 0.153. The number of β-amino-alcohol motifs (C(OH)–C–C–N with tert-alkyl or cyclic N) is 1. The number of aliphatic hydroxyl groups is 1. The van der Waals surface area contributed by atoms with E-state index in [0.717, 1.165) is 63.8 Å². The van der Waals surface area contributed by atoms with Gasteiger partial charge in [0.1, 0.15) is 0 Å². The summed E-state index contributed by atoms with van der Waals surface area (Å²) >= 11 is 12.0. The fourth-order valence-electron chi connectivity index (χ4n) is 3.94. The van der Waals surface area contributed by atoms with E-state index in [9.17, 15) is 9.90 Å². The number of piperidine rings is 2. The van der Waals surface area contributed by atoms with Crippen LogP contribution in [0.2, 0.25) is 10.0 Å². The molecule has 1 aromatic rings. The molecule has 6 heteroatoms. The van der Waals surface area contributed by atoms with Crippen LogP contribution in [0.25, 0.3) is 0 Å². The van der Waals surface area contributed by atoms with Crippen molar-refractivity contribution >= 4 is 29.1 Å². The van der Waals surface area contributed by atoms with Crippen molar-refractivity contribution < 1.29 is 9.90 Å². The topological polar surface area (TPSA) is 43.8 Å². The van der Waals surface area contributed by atoms with Crippen LogP contribution in [0.5, 0.6) is 0 Å². The number of aliphatic hydroxyl groups excluding tert-OH is 1. The second-order valence-corrected chi connectivity index (χ2v) is 8.03. The number of likely N-dealkylation sites (tertiary alicyclic amines) is 2. The molecule has 2 fully saturated rings. The van der Waals surface area contributed by atoms with Crippen LogP contribution < -0.4 is 0 Å². The number of nitrogens with zero attached hydrogens (tertiary/aromatic N) is 2. The molecule has 2 aliphatic rings. The van der Waals surface area contributed by atoms with E-state index >= 15 is 0 Å². The van der Waals surface area contributed by atoms with Crippen molar-refractivity contribution in [3.05, 3.63) is 33.8 Å². The van der Waals surface area contributed by atoms with Gasteiger partial charge in [0.25, 0.3) is 0 Å². The van der Waals surface area contributed by atoms with Crippen molar-refractivity contribution in [2.45, 2.75) is 50.7 Å². The molecular weight excluding hydrogens is 359 g/mol. The first-order valence-corrected chi connectivity index (χ1v) is 9.92. The van der Waals surface area contributed by atoms with E-state index in [1.54, 1.807) is 12.1 Å². The van der Waals surface area contributed by atoms with E-state index in [-0.39, 0.29) is 18.1 Å². The average Bonchev–Trinajstić information content (AvgIpc) is 2.59. The Morgan fingerprint density at radius 3 is 2.72 bits per heavy atom. The molecule has 138 valence electrons. The van der Waals surface area contributed by atoms with Gasteiger partial charge in [-0.05, 0) is 56.3 Å². The largest absolute Gasteiger partial charge is 0.392 e. The Kier molecular flexibility index (Phi) is 6.61. The van der Waals surface area contributed by atoms with E-state index < -0.39 is 0 Å². The van der Waals surface area contributed by atoms with Gasteiger partial charge in [-0.1, -0.05) is 29.3 Å². The Hall–Kier alpha value is -0.810. The molecule has 0 radical (unpaired) electrons. The molecule has 0 aliphatic carbocycles. The van der Waals surface area contributed by atoms with Crippen LogP contribution >= 0.6 is 23.2 Å². The van der Waals surface area contributed by atoms with Crippen LogP contribution in [0.4, 0.5) is 0 Å². The fraction of sp³-hybridized carbons (Fsp3) is 0.632. The molecule has 1 N–H and O–H groups in total. The lowest BCUT2D eigenvalue weighted by Crippen LogP contribution is -2.52. The zero-order chi connectivity index (χ0) is 17.8. The smallest absolute Gasteiger partial charge is 0.227 e. The third-order valence-electron chi connectivity index (χ3n) is 5.24. The molecule has 2 atom stereocenters. The molecule has 0 saturated carbocycles. The summed E-state index contributed by atoms with van der Waals surface area (Å²) in [6, 6.07) is 5.64. The van der Waals surface area contributed by atoms with Crippen LogP contribution in [-0.2, 0) is 11.2 Å². The molecule has 2 aliphatic heterocycles. The van der Waals surface area contributed by atoms with Gasteiger partial charge in [-0.3, -0.25) is 9.69 Å². The van der Waals surface area contributed by atoms with Crippen molar-refractivity contribution in [3.63, 3.8) is 0 Å². The summed E-state index contributed by atoms with van der Waals surface area (Å²) in [5.41, 5.74) is 0.900. The number of hydrogen-bond donors (Lipinski definition) is 1. The Morgan fingerprint density at radius 2 is 1.96 bits per heavy atom. The number of carbonyl (C=O) groups is 1. The Balaban J connectivity index is 1.63. The number of benzene rings is 1. The van der Waals surface area contributed by atoms with Crippen LogP contribution in [0.1, 0.15) is 37.7 Å². The number of rotatable bonds is 4. The van der Waals surface area contributed by atoms with Crippen molar-refractivity contribution in [1.29, 1.82) is 0 Å². The molecule has 2 heterocycles. The molecule has 2 saturated heterocycles. The molecule has 0 bridgehead atoms. The second kappa shape index (κ2) is 8.72. The maximum Gasteiger partial charge on any atom is 0.227 e. The molecular formula is C19H26Cl2N2O2. The van der Waals surface area contributed by atoms with Gasteiger partial charge in [-0.25, -0.2) is 0 Å². The highest BCUT2D eigenvalue weighted by molar-refractivity contribution is 6.42. The summed E-state index contributed by atoms with van der Waals surface area (Å²) in [5, 5.41) is 10.9. The first-order chi connectivity index (χ1) is 12.0. The van der Waals surface area contributed by atoms with Crippen LogP contribution in [0.3, 0.4) is 0 Å². The van der Waals surface area contributed by atoms with Gasteiger partial charge in [0.15, 0.2) is 0 Å². The molecule has 1 aromatic carbocycles. The molecule has 3 rings (SSSR count). The lowest BCUT2D eigenvalue weighted by molar-refractivity contribution is -0.134. The molecule has 0 aromatic heterocycles. The summed E-state index contributed by atoms with van der Waals surface area (Å²) in [6.07, 6.45) is 5.32. The van der Waals surface area contributed by atoms with E-state index in [1.807, 2.05) is 11.0 Å². The molecule has 2 unspecified atom stereocenters. The SMILES string of the molecule is O=C(Cc1ccc(Cl)c(Cl)c1)N1CCCCC1CN1CCCC(O)C1. The summed E-state index contributed by atoms with van der Waals surface area (Å²) in [4.78, 5) is 17.2. The zero-order valence-electron chi connectivity index (χ0n) is 14.5. The highest BCUT2D eigenvalue weighted by Gasteiger charge is 2.29. The summed E-state index contributed by atoms with van der Waals surface area (Å²) in [5.74, 6) is 0.153. The van der Waals surface area contributed by atoms with Crippen LogP contribution in [-0.4, -0.2) is 59.1 Å². The maximum atomic E-state index is 12.9. The molecule has 0 spiro atoms. The number of amides is 1. The van der Waals surface area contributed by atoms with Crippen molar-refractivity contribution in [2.24, 2.45) is 0 Å². The maximum absolute atomic E-state index is 12.9. The molecule has 1 amide bonds. The number of halogens is 2. The Labute approximate surface area is 159 Å². The lowest BCUT2D eigenvalue weighted by Gasteiger charge is -2.40. The summed E-state index contributed by atoms with van der Waals surface area (Å²) in [6.45, 7) is 3.43. The lowest BCUT2D eigenvalue weighted by atomic mass is 9.99. The first-order valence-electron chi connectivity index (χ1n) is 9.17. The van der Waals surface area contributed by atoms with Gasteiger partial charge < -0.3 is 10.0 Å². The zero-order valence-corrected chi connectivity index (χ0v) is 16.0. The van der Waals surface area contributed by atoms with Gasteiger partial charge >= 0.3 is 0 Å². The van der Waals surface area contributed by atoms with E-state index in [4.69, 9.17) is 23.2 Å². The summed E-state index contributed by atoms with van der Waals surface area (Å²) in [7, 11) is 0. The summed E-state index contributed by atoms with van der Waals surface area (Å²) < 4.78 is 0. The highest BCUT2D eigenvalue weighted by atomic mass is 35.5. The Morgan fingerprint density at radius 1 is 1.12 bits per heavy atom. The Bertz CT molecular complexity index is 611.